The summed E-state index contributed by atoms with van der Waals surface area (Å²) in [7, 11) is 0. The number of carbonyl (C=O) groups is 2. The summed E-state index contributed by atoms with van der Waals surface area (Å²) in [5, 5.41) is 2.81. The van der Waals surface area contributed by atoms with Crippen molar-refractivity contribution in [2.24, 2.45) is 11.7 Å². The van der Waals surface area contributed by atoms with Gasteiger partial charge in [-0.25, -0.2) is 0 Å². The Morgan fingerprint density at radius 3 is 2.70 bits per heavy atom. The molecule has 1 aliphatic heterocycles. The van der Waals surface area contributed by atoms with Gasteiger partial charge in [0, 0.05) is 6.54 Å². The fourth-order valence-corrected chi connectivity index (χ4v) is 2.39. The van der Waals surface area contributed by atoms with Crippen LogP contribution in [0.15, 0.2) is 24.3 Å². The van der Waals surface area contributed by atoms with E-state index in [4.69, 9.17) is 11.5 Å². The Morgan fingerprint density at radius 2 is 2.10 bits per heavy atom. The summed E-state index contributed by atoms with van der Waals surface area (Å²) in [6.45, 7) is 3.05. The van der Waals surface area contributed by atoms with E-state index >= 15 is 0 Å². The quantitative estimate of drug-likeness (QED) is 0.693. The number of rotatable bonds is 4. The van der Waals surface area contributed by atoms with Crippen molar-refractivity contribution in [2.75, 3.05) is 24.1 Å². The molecule has 0 aliphatic carbocycles. The Hall–Kier alpha value is -2.08. The molecule has 1 fully saturated rings. The lowest BCUT2D eigenvalue weighted by Crippen LogP contribution is -2.41. The molecule has 2 amide bonds. The van der Waals surface area contributed by atoms with Crippen molar-refractivity contribution in [1.29, 1.82) is 0 Å². The first-order valence-corrected chi connectivity index (χ1v) is 6.67. The number of likely N-dealkylation sites (tertiary alicyclic amines) is 1. The number of nitrogens with one attached hydrogen (secondary N) is 1. The molecule has 5 N–H and O–H groups in total. The van der Waals surface area contributed by atoms with E-state index in [9.17, 15) is 9.59 Å². The molecule has 1 aromatic rings. The summed E-state index contributed by atoms with van der Waals surface area (Å²) < 4.78 is 0. The third kappa shape index (κ3) is 3.08. The smallest absolute Gasteiger partial charge is 0.241 e. The molecule has 1 saturated heterocycles. The van der Waals surface area contributed by atoms with E-state index in [1.807, 2.05) is 24.0 Å². The summed E-state index contributed by atoms with van der Waals surface area (Å²) in [6, 6.07) is 6.80. The van der Waals surface area contributed by atoms with Crippen molar-refractivity contribution < 1.29 is 9.59 Å². The molecule has 2 atom stereocenters. The molecule has 20 heavy (non-hydrogen) atoms. The van der Waals surface area contributed by atoms with Gasteiger partial charge in [-0.2, -0.15) is 0 Å². The predicted octanol–water partition coefficient (Wildman–Crippen LogP) is 0.403. The number of nitrogens with two attached hydrogens (primary N) is 2. The number of benzene rings is 1. The average molecular weight is 276 g/mol. The second-order valence-corrected chi connectivity index (χ2v) is 5.14. The van der Waals surface area contributed by atoms with Crippen LogP contribution >= 0.6 is 0 Å². The standard InChI is InChI=1S/C14H20N4O2/c1-9(18-7-6-10(8-18)13(16)19)14(20)17-12-5-3-2-4-11(12)15/h2-5,9-10H,6-8,15H2,1H3,(H2,16,19)(H,17,20). The van der Waals surface area contributed by atoms with Crippen molar-refractivity contribution in [3.8, 4) is 0 Å². The fraction of sp³-hybridized carbons (Fsp3) is 0.429. The highest BCUT2D eigenvalue weighted by Crippen LogP contribution is 2.21. The molecular weight excluding hydrogens is 256 g/mol. The number of para-hydroxylation sites is 2. The van der Waals surface area contributed by atoms with Gasteiger partial charge in [-0.1, -0.05) is 12.1 Å². The Bertz CT molecular complexity index is 518. The van der Waals surface area contributed by atoms with E-state index in [-0.39, 0.29) is 23.8 Å². The lowest BCUT2D eigenvalue weighted by atomic mass is 10.1. The lowest BCUT2D eigenvalue weighted by Gasteiger charge is -2.23. The largest absolute Gasteiger partial charge is 0.397 e. The summed E-state index contributed by atoms with van der Waals surface area (Å²) in [4.78, 5) is 25.3. The molecule has 0 aromatic heterocycles. The monoisotopic (exact) mass is 276 g/mol. The van der Waals surface area contributed by atoms with E-state index in [0.717, 1.165) is 0 Å². The molecule has 1 aliphatic rings. The number of nitrogen functional groups attached to an aromatic ring is 1. The molecular formula is C14H20N4O2. The number of nitrogens with zero attached hydrogens (tertiary/aromatic N) is 1. The molecule has 1 aromatic carbocycles. The van der Waals surface area contributed by atoms with Gasteiger partial charge in [-0.05, 0) is 32.0 Å². The minimum Gasteiger partial charge on any atom is -0.397 e. The first-order valence-electron chi connectivity index (χ1n) is 6.67. The highest BCUT2D eigenvalue weighted by atomic mass is 16.2. The number of hydrogen-bond donors (Lipinski definition) is 3. The molecule has 2 rings (SSSR count). The topological polar surface area (TPSA) is 101 Å². The van der Waals surface area contributed by atoms with Gasteiger partial charge < -0.3 is 16.8 Å². The molecule has 0 spiro atoms. The van der Waals surface area contributed by atoms with Gasteiger partial charge in [0.1, 0.15) is 0 Å². The predicted molar refractivity (Wildman–Crippen MR) is 77.8 cm³/mol. The lowest BCUT2D eigenvalue weighted by molar-refractivity contribution is -0.123. The molecule has 6 heteroatoms. The van der Waals surface area contributed by atoms with Crippen LogP contribution in [0.5, 0.6) is 0 Å². The number of anilines is 2. The maximum Gasteiger partial charge on any atom is 0.241 e. The van der Waals surface area contributed by atoms with E-state index in [0.29, 0.717) is 30.9 Å². The van der Waals surface area contributed by atoms with Gasteiger partial charge in [0.25, 0.3) is 0 Å². The normalized spacial score (nSPS) is 20.6. The Morgan fingerprint density at radius 1 is 1.40 bits per heavy atom. The van der Waals surface area contributed by atoms with Crippen molar-refractivity contribution >= 4 is 23.2 Å². The summed E-state index contributed by atoms with van der Waals surface area (Å²) in [5.41, 5.74) is 12.2. The number of carbonyl (C=O) groups excluding carboxylic acids is 2. The second-order valence-electron chi connectivity index (χ2n) is 5.14. The van der Waals surface area contributed by atoms with E-state index in [2.05, 4.69) is 5.32 Å². The maximum atomic E-state index is 12.2. The van der Waals surface area contributed by atoms with Crippen LogP contribution in [-0.2, 0) is 9.59 Å². The zero-order valence-electron chi connectivity index (χ0n) is 11.5. The minimum absolute atomic E-state index is 0.131. The Labute approximate surface area is 118 Å². The van der Waals surface area contributed by atoms with Crippen molar-refractivity contribution in [3.63, 3.8) is 0 Å². The highest BCUT2D eigenvalue weighted by molar-refractivity contribution is 5.97. The summed E-state index contributed by atoms with van der Waals surface area (Å²) >= 11 is 0. The number of amides is 2. The highest BCUT2D eigenvalue weighted by Gasteiger charge is 2.32. The third-order valence-electron chi connectivity index (χ3n) is 3.77. The maximum absolute atomic E-state index is 12.2. The van der Waals surface area contributed by atoms with E-state index in [1.54, 1.807) is 12.1 Å². The van der Waals surface area contributed by atoms with E-state index in [1.165, 1.54) is 0 Å². The van der Waals surface area contributed by atoms with Crippen LogP contribution in [0.25, 0.3) is 0 Å². The molecule has 0 saturated carbocycles. The van der Waals surface area contributed by atoms with Gasteiger partial charge >= 0.3 is 0 Å². The molecule has 1 heterocycles. The van der Waals surface area contributed by atoms with Crippen LogP contribution in [0.3, 0.4) is 0 Å². The van der Waals surface area contributed by atoms with Crippen LogP contribution in [0, 0.1) is 5.92 Å². The fourth-order valence-electron chi connectivity index (χ4n) is 2.39. The third-order valence-corrected chi connectivity index (χ3v) is 3.77. The zero-order chi connectivity index (χ0) is 14.7. The zero-order valence-corrected chi connectivity index (χ0v) is 11.5. The molecule has 0 radical (unpaired) electrons. The summed E-state index contributed by atoms with van der Waals surface area (Å²) in [6.07, 6.45) is 0.709. The van der Waals surface area contributed by atoms with Gasteiger partial charge in [0.05, 0.1) is 23.3 Å². The van der Waals surface area contributed by atoms with Gasteiger partial charge in [0.2, 0.25) is 11.8 Å². The summed E-state index contributed by atoms with van der Waals surface area (Å²) in [5.74, 6) is -0.590. The molecule has 2 unspecified atom stereocenters. The van der Waals surface area contributed by atoms with Crippen LogP contribution in [0.4, 0.5) is 11.4 Å². The minimum atomic E-state index is -0.320. The average Bonchev–Trinajstić information content (AvgIpc) is 2.90. The van der Waals surface area contributed by atoms with Crippen molar-refractivity contribution in [3.05, 3.63) is 24.3 Å². The van der Waals surface area contributed by atoms with Crippen LogP contribution in [0.1, 0.15) is 13.3 Å². The first-order chi connectivity index (χ1) is 9.49. The van der Waals surface area contributed by atoms with Crippen LogP contribution in [-0.4, -0.2) is 35.8 Å². The molecule has 0 bridgehead atoms. The van der Waals surface area contributed by atoms with E-state index < -0.39 is 0 Å². The van der Waals surface area contributed by atoms with Crippen LogP contribution < -0.4 is 16.8 Å². The molecule has 6 nitrogen and oxygen atoms in total. The Balaban J connectivity index is 1.96. The first kappa shape index (κ1) is 14.3. The second kappa shape index (κ2) is 5.92. The van der Waals surface area contributed by atoms with Crippen molar-refractivity contribution in [2.45, 2.75) is 19.4 Å². The molecule has 108 valence electrons. The van der Waals surface area contributed by atoms with Crippen molar-refractivity contribution in [1.82, 2.24) is 4.90 Å². The number of hydrogen-bond acceptors (Lipinski definition) is 4. The SMILES string of the molecule is CC(C(=O)Nc1ccccc1N)N1CCC(C(N)=O)C1. The van der Waals surface area contributed by atoms with Gasteiger partial charge in [-0.15, -0.1) is 0 Å². The van der Waals surface area contributed by atoms with Gasteiger partial charge in [-0.3, -0.25) is 14.5 Å². The Kier molecular flexibility index (Phi) is 4.24. The number of primary amides is 1. The van der Waals surface area contributed by atoms with Crippen LogP contribution in [0.2, 0.25) is 0 Å². The van der Waals surface area contributed by atoms with Gasteiger partial charge in [0.15, 0.2) is 0 Å².